The van der Waals surface area contributed by atoms with E-state index in [1.165, 1.54) is 85.1 Å². The monoisotopic (exact) mass is 733 g/mol. The molecule has 0 fully saturated rings. The first kappa shape index (κ1) is 33.6. The van der Waals surface area contributed by atoms with Crippen LogP contribution in [0.25, 0.3) is 49.7 Å². The third-order valence-electron chi connectivity index (χ3n) is 11.9. The number of hydrogen-bond acceptors (Lipinski definition) is 1. The average molecular weight is 734 g/mol. The van der Waals surface area contributed by atoms with Crippen LogP contribution in [0.15, 0.2) is 188 Å². The highest BCUT2D eigenvalue weighted by molar-refractivity contribution is 7.91. The van der Waals surface area contributed by atoms with E-state index in [9.17, 15) is 13.7 Å². The molecule has 55 heavy (non-hydrogen) atoms. The normalized spacial score (nSPS) is 18.3. The molecule has 3 aliphatic rings. The third kappa shape index (κ3) is 5.04. The van der Waals surface area contributed by atoms with Crippen LogP contribution in [-0.4, -0.2) is 4.89 Å². The van der Waals surface area contributed by atoms with Gasteiger partial charge >= 0.3 is 0 Å². The van der Waals surface area contributed by atoms with Gasteiger partial charge < -0.3 is 0 Å². The van der Waals surface area contributed by atoms with Crippen molar-refractivity contribution in [2.75, 3.05) is 0 Å². The van der Waals surface area contributed by atoms with E-state index in [-0.39, 0.29) is 23.0 Å². The zero-order chi connectivity index (χ0) is 37.3. The quantitative estimate of drug-likeness (QED) is 0.169. The van der Waals surface area contributed by atoms with Crippen LogP contribution < -0.4 is 15.9 Å². The van der Waals surface area contributed by atoms with E-state index in [1.54, 1.807) is 24.3 Å². The van der Waals surface area contributed by atoms with Crippen LogP contribution in [0.5, 0.6) is 0 Å². The standard InChI is InChI=1S/C51H36F2OP/c1-51-44-17-10-18-45(51)49-47(34-11-4-2-5-12-34)42-15-8-9-16-43(42)48(35-13-6-3-7-14-35)50(49)46(51)32-31-41(44)33-19-25-38(26-20-33)55(54,39-27-21-36(52)22-28-39)40-29-23-37(53)24-30-40/h2-32,44,54H,1H3/q+1. The Labute approximate surface area is 320 Å². The van der Waals surface area contributed by atoms with Gasteiger partial charge in [-0.3, -0.25) is 0 Å². The van der Waals surface area contributed by atoms with Crippen LogP contribution in [0.1, 0.15) is 23.6 Å². The second-order valence-corrected chi connectivity index (χ2v) is 17.6. The number of benzene rings is 7. The maximum absolute atomic E-state index is 14.1. The minimum atomic E-state index is -3.20. The van der Waals surface area contributed by atoms with Crippen LogP contribution >= 0.6 is 7.49 Å². The van der Waals surface area contributed by atoms with Crippen molar-refractivity contribution in [2.45, 2.75) is 6.92 Å². The zero-order valence-electron chi connectivity index (χ0n) is 30.1. The maximum Gasteiger partial charge on any atom is 0.238 e. The summed E-state index contributed by atoms with van der Waals surface area (Å²) in [5.74, 6) is -0.709. The molecule has 0 radical (unpaired) electrons. The van der Waals surface area contributed by atoms with Gasteiger partial charge in [0.1, 0.15) is 27.5 Å². The second-order valence-electron chi connectivity index (χ2n) is 14.8. The number of hydrogen-bond donors (Lipinski definition) is 1. The predicted molar refractivity (Wildman–Crippen MR) is 227 cm³/mol. The minimum absolute atomic E-state index is 0.0454. The molecule has 0 aromatic heterocycles. The SMILES string of the molecule is CC12C3=CC=CC1C(c1ccc([P+](O)(c4ccc(F)cc4)c4ccc(F)cc4)cc1)=CC=C2c1c3c(-c2ccccc2)c2ccccc2c1-c1ccccc1. The summed E-state index contributed by atoms with van der Waals surface area (Å²) >= 11 is 0. The van der Waals surface area contributed by atoms with Crippen molar-refractivity contribution < 1.29 is 13.7 Å². The van der Waals surface area contributed by atoms with Crippen molar-refractivity contribution in [3.63, 3.8) is 0 Å². The Balaban J connectivity index is 1.16. The fourth-order valence-electron chi connectivity index (χ4n) is 9.35. The van der Waals surface area contributed by atoms with E-state index in [4.69, 9.17) is 0 Å². The number of fused-ring (bicyclic) bond motifs is 4. The zero-order valence-corrected chi connectivity index (χ0v) is 31.0. The summed E-state index contributed by atoms with van der Waals surface area (Å²) in [5.41, 5.74) is 12.1. The van der Waals surface area contributed by atoms with E-state index >= 15 is 0 Å². The van der Waals surface area contributed by atoms with Crippen molar-refractivity contribution >= 4 is 50.9 Å². The molecule has 264 valence electrons. The molecule has 7 aromatic carbocycles. The molecule has 0 heterocycles. The van der Waals surface area contributed by atoms with E-state index in [2.05, 4.69) is 134 Å². The molecule has 1 nitrogen and oxygen atoms in total. The van der Waals surface area contributed by atoms with Gasteiger partial charge in [0.2, 0.25) is 7.49 Å². The van der Waals surface area contributed by atoms with Crippen molar-refractivity contribution in [3.8, 4) is 22.3 Å². The molecule has 0 saturated heterocycles. The van der Waals surface area contributed by atoms with Gasteiger partial charge in [0.05, 0.1) is 0 Å². The Kier molecular flexibility index (Phi) is 7.82. The van der Waals surface area contributed by atoms with Gasteiger partial charge in [0.25, 0.3) is 0 Å². The topological polar surface area (TPSA) is 20.2 Å². The molecule has 1 N–H and O–H groups in total. The van der Waals surface area contributed by atoms with Crippen LogP contribution in [0.4, 0.5) is 8.78 Å². The molecule has 4 heteroatoms. The minimum Gasteiger partial charge on any atom is -0.235 e. The Morgan fingerprint density at radius 1 is 0.473 bits per heavy atom. The number of halogens is 2. The van der Waals surface area contributed by atoms with Gasteiger partial charge in [0.15, 0.2) is 0 Å². The predicted octanol–water partition coefficient (Wildman–Crippen LogP) is 11.7. The molecule has 3 aliphatic carbocycles. The molecule has 0 amide bonds. The van der Waals surface area contributed by atoms with Gasteiger partial charge in [-0.1, -0.05) is 134 Å². The Hall–Kier alpha value is -5.99. The van der Waals surface area contributed by atoms with Crippen LogP contribution in [0.3, 0.4) is 0 Å². The largest absolute Gasteiger partial charge is 0.238 e. The van der Waals surface area contributed by atoms with Gasteiger partial charge in [0, 0.05) is 11.3 Å². The Bertz CT molecular complexity index is 2720. The summed E-state index contributed by atoms with van der Waals surface area (Å²) in [6.07, 6.45) is 11.5. The lowest BCUT2D eigenvalue weighted by Crippen LogP contribution is -2.31. The average Bonchev–Trinajstić information content (AvgIpc) is 3.48. The van der Waals surface area contributed by atoms with Crippen molar-refractivity contribution in [1.82, 2.24) is 0 Å². The van der Waals surface area contributed by atoms with Gasteiger partial charge in [-0.05, 0) is 127 Å². The third-order valence-corrected chi connectivity index (χ3v) is 15.1. The molecule has 0 saturated carbocycles. The maximum atomic E-state index is 14.1. The summed E-state index contributed by atoms with van der Waals surface area (Å²) < 4.78 is 28.1. The van der Waals surface area contributed by atoms with Crippen molar-refractivity contribution in [1.29, 1.82) is 0 Å². The van der Waals surface area contributed by atoms with Crippen LogP contribution in [-0.2, 0) is 0 Å². The second kappa shape index (κ2) is 12.8. The molecular weight excluding hydrogens is 698 g/mol. The lowest BCUT2D eigenvalue weighted by atomic mass is 9.61. The highest BCUT2D eigenvalue weighted by Gasteiger charge is 2.52. The summed E-state index contributed by atoms with van der Waals surface area (Å²) in [7, 11) is -3.20. The highest BCUT2D eigenvalue weighted by atomic mass is 31.2. The van der Waals surface area contributed by atoms with E-state index in [0.717, 1.165) is 5.56 Å². The summed E-state index contributed by atoms with van der Waals surface area (Å²) in [6.45, 7) is 2.40. The fraction of sp³-hybridized carbons (Fsp3) is 0.0588. The summed E-state index contributed by atoms with van der Waals surface area (Å²) in [6, 6.07) is 50.6. The Morgan fingerprint density at radius 3 is 1.40 bits per heavy atom. The number of rotatable bonds is 6. The van der Waals surface area contributed by atoms with Crippen LogP contribution in [0.2, 0.25) is 0 Å². The molecular formula is C51H36F2OP+. The molecule has 2 atom stereocenters. The highest BCUT2D eigenvalue weighted by Crippen LogP contribution is 2.68. The van der Waals surface area contributed by atoms with E-state index in [1.807, 2.05) is 12.1 Å². The van der Waals surface area contributed by atoms with E-state index in [0.29, 0.717) is 15.9 Å². The first-order chi connectivity index (χ1) is 26.9. The fourth-order valence-corrected chi connectivity index (χ4v) is 12.0. The van der Waals surface area contributed by atoms with Gasteiger partial charge in [-0.2, -0.15) is 0 Å². The molecule has 0 spiro atoms. The smallest absolute Gasteiger partial charge is 0.235 e. The van der Waals surface area contributed by atoms with Crippen molar-refractivity contribution in [2.24, 2.45) is 11.3 Å². The van der Waals surface area contributed by atoms with E-state index < -0.39 is 7.49 Å². The molecule has 10 rings (SSSR count). The molecule has 0 bridgehead atoms. The molecule has 7 aromatic rings. The first-order valence-electron chi connectivity index (χ1n) is 18.6. The van der Waals surface area contributed by atoms with Crippen molar-refractivity contribution in [3.05, 3.63) is 216 Å². The lowest BCUT2D eigenvalue weighted by Gasteiger charge is -2.41. The summed E-state index contributed by atoms with van der Waals surface area (Å²) in [4.78, 5) is 12.6. The Morgan fingerprint density at radius 2 is 0.909 bits per heavy atom. The molecule has 2 unspecified atom stereocenters. The molecule has 0 aliphatic heterocycles. The first-order valence-corrected chi connectivity index (χ1v) is 20.4. The van der Waals surface area contributed by atoms with Gasteiger partial charge in [-0.15, -0.1) is 0 Å². The summed E-state index contributed by atoms with van der Waals surface area (Å²) in [5, 5.41) is 4.41. The van der Waals surface area contributed by atoms with Crippen LogP contribution in [0, 0.1) is 23.0 Å². The lowest BCUT2D eigenvalue weighted by molar-refractivity contribution is 0.513. The number of allylic oxidation sites excluding steroid dienone is 8. The van der Waals surface area contributed by atoms with Gasteiger partial charge in [-0.25, -0.2) is 13.7 Å².